The number of hydrogen-bond acceptors (Lipinski definition) is 4. The van der Waals surface area contributed by atoms with Crippen molar-refractivity contribution in [2.24, 2.45) is 10.2 Å². The lowest BCUT2D eigenvalue weighted by atomic mass is 10.3. The average Bonchev–Trinajstić information content (AvgIpc) is 2.91. The Morgan fingerprint density at radius 1 is 0.588 bits per heavy atom. The smallest absolute Gasteiger partial charge is 0.439 e. The van der Waals surface area contributed by atoms with Gasteiger partial charge in [-0.1, -0.05) is 122 Å². The number of carbonyl (C=O) groups excluding carboxylic acids is 2. The Hall–Kier alpha value is -3.37. The van der Waals surface area contributed by atoms with Crippen molar-refractivity contribution in [2.45, 2.75) is 38.9 Å². The minimum Gasteiger partial charge on any atom is -0.501 e. The summed E-state index contributed by atoms with van der Waals surface area (Å²) in [6.45, 7) is 6.03. The summed E-state index contributed by atoms with van der Waals surface area (Å²) >= 11 is 0. The van der Waals surface area contributed by atoms with E-state index in [0.717, 1.165) is 33.7 Å². The number of azo groups is 1. The first-order valence-corrected chi connectivity index (χ1v) is 16.0. The van der Waals surface area contributed by atoms with Gasteiger partial charge in [-0.25, -0.2) is 9.59 Å². The number of benzene rings is 3. The largest absolute Gasteiger partial charge is 0.501 e. The molecule has 2 amide bonds. The first-order valence-electron chi connectivity index (χ1n) is 11.5. The second-order valence-electron chi connectivity index (χ2n) is 7.96. The predicted octanol–water partition coefficient (Wildman–Crippen LogP) is 5.38. The highest BCUT2D eigenvalue weighted by molar-refractivity contribution is 7.07. The molecular weight excluding hydrogens is 460 g/mol. The summed E-state index contributed by atoms with van der Waals surface area (Å²) in [7, 11) is -5.48. The van der Waals surface area contributed by atoms with Crippen molar-refractivity contribution in [2.75, 3.05) is 0 Å². The molecule has 0 aromatic heterocycles. The van der Waals surface area contributed by atoms with E-state index in [4.69, 9.17) is 8.85 Å². The first kappa shape index (κ1) is 25.3. The summed E-state index contributed by atoms with van der Waals surface area (Å²) < 4.78 is 11.9. The van der Waals surface area contributed by atoms with Crippen LogP contribution in [0.5, 0.6) is 0 Å². The number of nitrogens with zero attached hydrogens (tertiary/aromatic N) is 2. The molecule has 3 aromatic carbocycles. The molecule has 6 nitrogen and oxygen atoms in total. The topological polar surface area (TPSA) is 77.3 Å². The van der Waals surface area contributed by atoms with Crippen molar-refractivity contribution < 1.29 is 18.4 Å². The van der Waals surface area contributed by atoms with E-state index in [9.17, 15) is 9.59 Å². The second-order valence-corrected chi connectivity index (χ2v) is 15.9. The van der Waals surface area contributed by atoms with Gasteiger partial charge in [0, 0.05) is 0 Å². The molecule has 0 heterocycles. The average molecular weight is 491 g/mol. The van der Waals surface area contributed by atoms with Crippen LogP contribution < -0.4 is 15.6 Å². The Labute approximate surface area is 202 Å². The number of hydrogen-bond donors (Lipinski definition) is 0. The van der Waals surface area contributed by atoms with Gasteiger partial charge in [0.2, 0.25) is 0 Å². The molecule has 0 aliphatic carbocycles. The van der Waals surface area contributed by atoms with Gasteiger partial charge in [-0.3, -0.25) is 0 Å². The lowest BCUT2D eigenvalue weighted by Gasteiger charge is -2.31. The molecule has 3 rings (SSSR count). The molecule has 0 atom stereocenters. The van der Waals surface area contributed by atoms with Crippen LogP contribution in [0.3, 0.4) is 0 Å². The van der Waals surface area contributed by atoms with Gasteiger partial charge in [0.15, 0.2) is 0 Å². The van der Waals surface area contributed by atoms with Crippen LogP contribution in [0.1, 0.15) is 20.8 Å². The normalized spacial score (nSPS) is 11.9. The van der Waals surface area contributed by atoms with Crippen LogP contribution in [-0.4, -0.2) is 28.8 Å². The minimum atomic E-state index is -3.27. The molecule has 176 valence electrons. The molecule has 34 heavy (non-hydrogen) atoms. The molecule has 3 aromatic rings. The molecule has 0 bridgehead atoms. The standard InChI is InChI=1S/C26H30N2O4Si2/c1-4-33(5-2,6-3)31-25(29)27-28-26(30)32-34(22-16-10-7-11-17-22,23-18-12-8-13-19-23)24-20-14-9-15-21-24/h7-21H,4-6H2,1-3H3. The van der Waals surface area contributed by atoms with Crippen LogP contribution in [-0.2, 0) is 8.85 Å². The quantitative estimate of drug-likeness (QED) is 0.241. The third kappa shape index (κ3) is 5.57. The molecule has 0 aliphatic heterocycles. The summed E-state index contributed by atoms with van der Waals surface area (Å²) in [6.07, 6.45) is -1.75. The lowest BCUT2D eigenvalue weighted by Crippen LogP contribution is -2.69. The Balaban J connectivity index is 1.99. The van der Waals surface area contributed by atoms with Crippen LogP contribution in [0.2, 0.25) is 18.1 Å². The molecule has 0 fully saturated rings. The monoisotopic (exact) mass is 490 g/mol. The van der Waals surface area contributed by atoms with Gasteiger partial charge in [0.05, 0.1) is 0 Å². The van der Waals surface area contributed by atoms with Crippen LogP contribution >= 0.6 is 0 Å². The van der Waals surface area contributed by atoms with E-state index in [2.05, 4.69) is 10.2 Å². The maximum absolute atomic E-state index is 13.0. The van der Waals surface area contributed by atoms with Gasteiger partial charge >= 0.3 is 20.5 Å². The maximum atomic E-state index is 13.0. The predicted molar refractivity (Wildman–Crippen MR) is 139 cm³/mol. The van der Waals surface area contributed by atoms with Crippen LogP contribution in [0, 0.1) is 0 Å². The summed E-state index contributed by atoms with van der Waals surface area (Å²) in [5.41, 5.74) is 0. The summed E-state index contributed by atoms with van der Waals surface area (Å²) in [6, 6.07) is 31.3. The van der Waals surface area contributed by atoms with Gasteiger partial charge in [0.25, 0.3) is 8.32 Å². The number of carbonyl (C=O) groups is 2. The lowest BCUT2D eigenvalue weighted by molar-refractivity contribution is 0.198. The van der Waals surface area contributed by atoms with Gasteiger partial charge in [-0.15, -0.1) is 0 Å². The van der Waals surface area contributed by atoms with Crippen molar-refractivity contribution in [1.82, 2.24) is 0 Å². The molecule has 0 aliphatic rings. The number of amides is 2. The van der Waals surface area contributed by atoms with E-state index in [1.165, 1.54) is 0 Å². The summed E-state index contributed by atoms with van der Waals surface area (Å²) in [4.78, 5) is 25.4. The third-order valence-electron chi connectivity index (χ3n) is 6.23. The Bertz CT molecular complexity index is 1000. The van der Waals surface area contributed by atoms with Crippen LogP contribution in [0.4, 0.5) is 9.59 Å². The second kappa shape index (κ2) is 11.7. The van der Waals surface area contributed by atoms with Gasteiger partial charge in [-0.05, 0) is 33.7 Å². The summed E-state index contributed by atoms with van der Waals surface area (Å²) in [5, 5.41) is 9.83. The van der Waals surface area contributed by atoms with E-state index in [1.54, 1.807) is 0 Å². The number of rotatable bonds is 8. The van der Waals surface area contributed by atoms with Crippen LogP contribution in [0.15, 0.2) is 101 Å². The first-order chi connectivity index (χ1) is 16.5. The van der Waals surface area contributed by atoms with E-state index >= 15 is 0 Å². The highest BCUT2D eigenvalue weighted by atomic mass is 28.4. The molecule has 0 unspecified atom stereocenters. The summed E-state index contributed by atoms with van der Waals surface area (Å²) in [5.74, 6) is 0. The fourth-order valence-electron chi connectivity index (χ4n) is 4.10. The zero-order valence-electron chi connectivity index (χ0n) is 19.8. The maximum Gasteiger partial charge on any atom is 0.439 e. The SMILES string of the molecule is CC[Si](CC)(CC)OC(=O)N=NC(=O)O[Si](c1ccccc1)(c1ccccc1)c1ccccc1. The van der Waals surface area contributed by atoms with Crippen LogP contribution in [0.25, 0.3) is 0 Å². The van der Waals surface area contributed by atoms with Crippen molar-refractivity contribution >= 4 is 44.4 Å². The molecule has 0 spiro atoms. The fraction of sp³-hybridized carbons (Fsp3) is 0.231. The zero-order chi connectivity index (χ0) is 24.4. The van der Waals surface area contributed by atoms with Crippen molar-refractivity contribution in [1.29, 1.82) is 0 Å². The van der Waals surface area contributed by atoms with E-state index in [-0.39, 0.29) is 0 Å². The fourth-order valence-corrected chi connectivity index (χ4v) is 10.1. The van der Waals surface area contributed by atoms with Gasteiger partial charge in [-0.2, -0.15) is 0 Å². The molecule has 0 saturated heterocycles. The molecule has 8 heteroatoms. The van der Waals surface area contributed by atoms with E-state index in [0.29, 0.717) is 0 Å². The molecule has 0 radical (unpaired) electrons. The Kier molecular flexibility index (Phi) is 8.67. The third-order valence-corrected chi connectivity index (χ3v) is 14.6. The van der Waals surface area contributed by atoms with Crippen molar-refractivity contribution in [3.63, 3.8) is 0 Å². The highest BCUT2D eigenvalue weighted by Gasteiger charge is 2.45. The Morgan fingerprint density at radius 3 is 1.24 bits per heavy atom. The zero-order valence-corrected chi connectivity index (χ0v) is 21.8. The highest BCUT2D eigenvalue weighted by Crippen LogP contribution is 2.22. The molecule has 0 N–H and O–H groups in total. The van der Waals surface area contributed by atoms with Gasteiger partial charge in [0.1, 0.15) is 0 Å². The molecule has 0 saturated carbocycles. The van der Waals surface area contributed by atoms with Crippen molar-refractivity contribution in [3.05, 3.63) is 91.0 Å². The molecular formula is C26H30N2O4Si2. The minimum absolute atomic E-state index is 0.789. The Morgan fingerprint density at radius 2 is 0.912 bits per heavy atom. The van der Waals surface area contributed by atoms with E-state index in [1.807, 2.05) is 112 Å². The van der Waals surface area contributed by atoms with E-state index < -0.39 is 28.8 Å². The van der Waals surface area contributed by atoms with Crippen molar-refractivity contribution in [3.8, 4) is 0 Å². The van der Waals surface area contributed by atoms with Gasteiger partial charge < -0.3 is 8.85 Å².